The molecule has 1 atom stereocenters. The second kappa shape index (κ2) is 6.55. The van der Waals surface area contributed by atoms with E-state index >= 15 is 0 Å². The molecule has 0 radical (unpaired) electrons. The SMILES string of the molecule is CC(Cc1cccs1)N(C)c1ccc(CN)cc1Br. The van der Waals surface area contributed by atoms with Gasteiger partial charge in [0.2, 0.25) is 0 Å². The van der Waals surface area contributed by atoms with Crippen molar-refractivity contribution in [2.24, 2.45) is 5.73 Å². The maximum Gasteiger partial charge on any atom is 0.0510 e. The average molecular weight is 339 g/mol. The summed E-state index contributed by atoms with van der Waals surface area (Å²) in [6.07, 6.45) is 1.07. The van der Waals surface area contributed by atoms with E-state index in [1.54, 1.807) is 0 Å². The van der Waals surface area contributed by atoms with E-state index in [1.807, 2.05) is 11.3 Å². The third-order valence-corrected chi connectivity index (χ3v) is 4.90. The highest BCUT2D eigenvalue weighted by Crippen LogP contribution is 2.28. The van der Waals surface area contributed by atoms with E-state index < -0.39 is 0 Å². The molecular formula is C15H19BrN2S. The molecule has 1 heterocycles. The van der Waals surface area contributed by atoms with Crippen molar-refractivity contribution in [3.05, 3.63) is 50.6 Å². The number of nitrogens with zero attached hydrogens (tertiary/aromatic N) is 1. The highest BCUT2D eigenvalue weighted by atomic mass is 79.9. The van der Waals surface area contributed by atoms with Crippen molar-refractivity contribution in [1.29, 1.82) is 0 Å². The zero-order chi connectivity index (χ0) is 13.8. The normalized spacial score (nSPS) is 12.4. The Labute approximate surface area is 127 Å². The number of anilines is 1. The first kappa shape index (κ1) is 14.6. The standard InChI is InChI=1S/C15H19BrN2S/c1-11(8-13-4-3-7-19-13)18(2)15-6-5-12(10-17)9-14(15)16/h3-7,9,11H,8,10,17H2,1-2H3. The van der Waals surface area contributed by atoms with Gasteiger partial charge >= 0.3 is 0 Å². The Morgan fingerprint density at radius 2 is 2.16 bits per heavy atom. The minimum atomic E-state index is 0.457. The summed E-state index contributed by atoms with van der Waals surface area (Å²) in [6, 6.07) is 11.1. The molecule has 4 heteroatoms. The second-order valence-corrected chi connectivity index (χ2v) is 6.62. The van der Waals surface area contributed by atoms with Gasteiger partial charge in [0.05, 0.1) is 5.69 Å². The van der Waals surface area contributed by atoms with Gasteiger partial charge in [-0.15, -0.1) is 11.3 Å². The van der Waals surface area contributed by atoms with Crippen LogP contribution in [0.2, 0.25) is 0 Å². The van der Waals surface area contributed by atoms with E-state index in [4.69, 9.17) is 5.73 Å². The zero-order valence-corrected chi connectivity index (χ0v) is 13.7. The number of thiophene rings is 1. The Kier molecular flexibility index (Phi) is 5.02. The van der Waals surface area contributed by atoms with Crippen molar-refractivity contribution in [1.82, 2.24) is 0 Å². The molecule has 19 heavy (non-hydrogen) atoms. The molecule has 2 nitrogen and oxygen atoms in total. The van der Waals surface area contributed by atoms with Gasteiger partial charge in [0.25, 0.3) is 0 Å². The molecule has 0 spiro atoms. The molecule has 0 bridgehead atoms. The molecule has 0 fully saturated rings. The molecule has 1 unspecified atom stereocenters. The number of hydrogen-bond acceptors (Lipinski definition) is 3. The topological polar surface area (TPSA) is 29.3 Å². The van der Waals surface area contributed by atoms with Crippen molar-refractivity contribution in [3.8, 4) is 0 Å². The van der Waals surface area contributed by atoms with E-state index in [-0.39, 0.29) is 0 Å². The van der Waals surface area contributed by atoms with Crippen molar-refractivity contribution < 1.29 is 0 Å². The van der Waals surface area contributed by atoms with Gasteiger partial charge in [0.1, 0.15) is 0 Å². The van der Waals surface area contributed by atoms with Gasteiger partial charge in [-0.2, -0.15) is 0 Å². The summed E-state index contributed by atoms with van der Waals surface area (Å²) in [5.74, 6) is 0. The van der Waals surface area contributed by atoms with E-state index in [0.717, 1.165) is 16.5 Å². The molecule has 0 saturated carbocycles. The number of benzene rings is 1. The highest BCUT2D eigenvalue weighted by molar-refractivity contribution is 9.10. The van der Waals surface area contributed by atoms with Gasteiger partial charge in [0.15, 0.2) is 0 Å². The molecule has 0 saturated heterocycles. The lowest BCUT2D eigenvalue weighted by atomic mass is 10.1. The first-order valence-electron chi connectivity index (χ1n) is 6.35. The molecule has 0 aliphatic carbocycles. The molecule has 1 aromatic carbocycles. The maximum atomic E-state index is 5.66. The van der Waals surface area contributed by atoms with Crippen LogP contribution in [0.5, 0.6) is 0 Å². The zero-order valence-electron chi connectivity index (χ0n) is 11.3. The first-order chi connectivity index (χ1) is 9.11. The summed E-state index contributed by atoms with van der Waals surface area (Å²) in [5.41, 5.74) is 8.02. The lowest BCUT2D eigenvalue weighted by molar-refractivity contribution is 0.687. The Hall–Kier alpha value is -0.840. The third-order valence-electron chi connectivity index (χ3n) is 3.37. The molecule has 0 aliphatic heterocycles. The Bertz CT molecular complexity index is 525. The van der Waals surface area contributed by atoms with Crippen LogP contribution in [-0.2, 0) is 13.0 Å². The smallest absolute Gasteiger partial charge is 0.0510 e. The monoisotopic (exact) mass is 338 g/mol. The second-order valence-electron chi connectivity index (χ2n) is 4.73. The van der Waals surface area contributed by atoms with Crippen molar-refractivity contribution in [2.45, 2.75) is 25.9 Å². The lowest BCUT2D eigenvalue weighted by Crippen LogP contribution is -2.30. The Morgan fingerprint density at radius 3 is 2.74 bits per heavy atom. The van der Waals surface area contributed by atoms with Gasteiger partial charge in [-0.1, -0.05) is 12.1 Å². The van der Waals surface area contributed by atoms with E-state index in [0.29, 0.717) is 12.6 Å². The number of halogens is 1. The molecule has 2 aromatic rings. The summed E-state index contributed by atoms with van der Waals surface area (Å²) in [5, 5.41) is 2.13. The van der Waals surface area contributed by atoms with Gasteiger partial charge in [-0.25, -0.2) is 0 Å². The van der Waals surface area contributed by atoms with Crippen molar-refractivity contribution in [3.63, 3.8) is 0 Å². The lowest BCUT2D eigenvalue weighted by Gasteiger charge is -2.28. The summed E-state index contributed by atoms with van der Waals surface area (Å²) >= 11 is 5.46. The quantitative estimate of drug-likeness (QED) is 0.891. The van der Waals surface area contributed by atoms with Crippen LogP contribution in [0.25, 0.3) is 0 Å². The van der Waals surface area contributed by atoms with Crippen LogP contribution in [0.15, 0.2) is 40.2 Å². The van der Waals surface area contributed by atoms with E-state index in [2.05, 4.69) is 70.5 Å². The van der Waals surface area contributed by atoms with Gasteiger partial charge in [-0.3, -0.25) is 0 Å². The van der Waals surface area contributed by atoms with Crippen LogP contribution in [0.3, 0.4) is 0 Å². The third kappa shape index (κ3) is 3.59. The molecule has 1 aromatic heterocycles. The summed E-state index contributed by atoms with van der Waals surface area (Å²) in [6.45, 7) is 2.83. The van der Waals surface area contributed by atoms with Crippen LogP contribution in [-0.4, -0.2) is 13.1 Å². The van der Waals surface area contributed by atoms with Gasteiger partial charge < -0.3 is 10.6 Å². The molecule has 102 valence electrons. The first-order valence-corrected chi connectivity index (χ1v) is 8.02. The fourth-order valence-electron chi connectivity index (χ4n) is 2.06. The summed E-state index contributed by atoms with van der Waals surface area (Å²) in [7, 11) is 2.14. The largest absolute Gasteiger partial charge is 0.371 e. The van der Waals surface area contributed by atoms with Gasteiger partial charge in [-0.05, 0) is 52.0 Å². The minimum Gasteiger partial charge on any atom is -0.371 e. The summed E-state index contributed by atoms with van der Waals surface area (Å²) < 4.78 is 1.11. The van der Waals surface area contributed by atoms with E-state index in [1.165, 1.54) is 10.6 Å². The summed E-state index contributed by atoms with van der Waals surface area (Å²) in [4.78, 5) is 3.73. The molecule has 2 N–H and O–H groups in total. The van der Waals surface area contributed by atoms with Crippen LogP contribution in [0.1, 0.15) is 17.4 Å². The van der Waals surface area contributed by atoms with Crippen molar-refractivity contribution in [2.75, 3.05) is 11.9 Å². The number of rotatable bonds is 5. The molecule has 0 aliphatic rings. The Morgan fingerprint density at radius 1 is 1.37 bits per heavy atom. The average Bonchev–Trinajstić information content (AvgIpc) is 2.90. The van der Waals surface area contributed by atoms with Crippen LogP contribution in [0.4, 0.5) is 5.69 Å². The highest BCUT2D eigenvalue weighted by Gasteiger charge is 2.14. The van der Waals surface area contributed by atoms with Crippen molar-refractivity contribution >= 4 is 33.0 Å². The van der Waals surface area contributed by atoms with E-state index in [9.17, 15) is 0 Å². The molecule has 2 rings (SSSR count). The minimum absolute atomic E-state index is 0.457. The Balaban J connectivity index is 2.12. The molecular weight excluding hydrogens is 320 g/mol. The number of hydrogen-bond donors (Lipinski definition) is 1. The fraction of sp³-hybridized carbons (Fsp3) is 0.333. The number of likely N-dealkylation sites (N-methyl/N-ethyl adjacent to an activating group) is 1. The van der Waals surface area contributed by atoms with Crippen LogP contribution < -0.4 is 10.6 Å². The number of nitrogens with two attached hydrogens (primary N) is 1. The molecule has 0 amide bonds. The maximum absolute atomic E-state index is 5.66. The van der Waals surface area contributed by atoms with Crippen LogP contribution in [0, 0.1) is 0 Å². The predicted octanol–water partition coefficient (Wildman–Crippen LogP) is 4.04. The fourth-order valence-corrected chi connectivity index (χ4v) is 3.59. The van der Waals surface area contributed by atoms with Gasteiger partial charge in [0, 0.05) is 35.4 Å². The van der Waals surface area contributed by atoms with Crippen LogP contribution >= 0.6 is 27.3 Å². The predicted molar refractivity (Wildman–Crippen MR) is 87.9 cm³/mol.